The summed E-state index contributed by atoms with van der Waals surface area (Å²) >= 11 is 0. The van der Waals surface area contributed by atoms with Gasteiger partial charge in [-0.25, -0.2) is 0 Å². The molecule has 10 atom stereocenters. The summed E-state index contributed by atoms with van der Waals surface area (Å²) in [7, 11) is 1.29. The van der Waals surface area contributed by atoms with Crippen LogP contribution in [0.4, 0.5) is 0 Å². The summed E-state index contributed by atoms with van der Waals surface area (Å²) in [5, 5.41) is 108. The van der Waals surface area contributed by atoms with E-state index < -0.39 is 106 Å². The van der Waals surface area contributed by atoms with Crippen LogP contribution in [0.2, 0.25) is 0 Å². The number of aromatic hydroxyl groups is 3. The number of benzene rings is 2. The van der Waals surface area contributed by atoms with E-state index in [0.29, 0.717) is 0 Å². The first-order valence-electron chi connectivity index (χ1n) is 13.6. The van der Waals surface area contributed by atoms with Gasteiger partial charge in [-0.2, -0.15) is 0 Å². The molecule has 0 spiro atoms. The fraction of sp³-hybridized carbons (Fsp3) is 0.483. The van der Waals surface area contributed by atoms with Crippen LogP contribution in [0.1, 0.15) is 19.4 Å². The molecule has 0 saturated carbocycles. The van der Waals surface area contributed by atoms with Crippen molar-refractivity contribution in [2.75, 3.05) is 13.7 Å². The Morgan fingerprint density at radius 2 is 1.61 bits per heavy atom. The minimum Gasteiger partial charge on any atom is -0.508 e. The van der Waals surface area contributed by atoms with Crippen molar-refractivity contribution in [1.82, 2.24) is 0 Å². The smallest absolute Gasteiger partial charge is 0.203 e. The minimum absolute atomic E-state index is 0.0141. The highest BCUT2D eigenvalue weighted by Gasteiger charge is 2.70. The molecule has 10 N–H and O–H groups in total. The van der Waals surface area contributed by atoms with Crippen molar-refractivity contribution in [2.45, 2.75) is 73.9 Å². The summed E-state index contributed by atoms with van der Waals surface area (Å²) in [5.74, 6) is -2.21. The normalized spacial score (nSPS) is 36.0. The fourth-order valence-electron chi connectivity index (χ4n) is 6.18. The van der Waals surface area contributed by atoms with Gasteiger partial charge in [0.2, 0.25) is 5.43 Å². The van der Waals surface area contributed by atoms with Crippen LogP contribution in [0.3, 0.4) is 0 Å². The van der Waals surface area contributed by atoms with Crippen LogP contribution in [0, 0.1) is 0 Å². The molecule has 2 aromatic carbocycles. The van der Waals surface area contributed by atoms with E-state index >= 15 is 0 Å². The van der Waals surface area contributed by atoms with E-state index in [9.17, 15) is 55.9 Å². The zero-order chi connectivity index (χ0) is 32.5. The standard InChI is InChI=1S/C29H34O15/c1-10-20(34)23(37)24(38)27(42-10)29(28(2,40)26(39)21(35)17(9-30)44-29)19-22(36)18-14(33)7-12(31)8-16(18)43-25(19)11-4-5-15(41-3)13(32)6-11/h4-8,10,17,20-21,23-24,26-27,30-35,37-40H,9H2,1-3H3/t10-,17-,20-,21-,23+,24+,26+,27?,28-,29?/m1/s1. The number of methoxy groups -OCH3 is 1. The Morgan fingerprint density at radius 3 is 2.23 bits per heavy atom. The number of aliphatic hydroxyl groups excluding tert-OH is 6. The van der Waals surface area contributed by atoms with Crippen LogP contribution >= 0.6 is 0 Å². The topological polar surface area (TPSA) is 260 Å². The maximum Gasteiger partial charge on any atom is 0.203 e. The number of hydrogen-bond donors (Lipinski definition) is 10. The lowest BCUT2D eigenvalue weighted by atomic mass is 9.64. The molecule has 3 heterocycles. The lowest BCUT2D eigenvalue weighted by molar-refractivity contribution is -0.373. The number of phenolic OH excluding ortho intramolecular Hbond substituents is 3. The van der Waals surface area contributed by atoms with Gasteiger partial charge in [0.25, 0.3) is 0 Å². The number of fused-ring (bicyclic) bond motifs is 1. The third-order valence-corrected chi connectivity index (χ3v) is 8.57. The lowest BCUT2D eigenvalue weighted by Crippen LogP contribution is -2.78. The Balaban J connectivity index is 1.98. The first-order valence-corrected chi connectivity index (χ1v) is 13.6. The second-order valence-electron chi connectivity index (χ2n) is 11.3. The Morgan fingerprint density at radius 1 is 0.932 bits per heavy atom. The number of hydrogen-bond acceptors (Lipinski definition) is 15. The molecule has 0 radical (unpaired) electrons. The van der Waals surface area contributed by atoms with Gasteiger partial charge in [0.1, 0.15) is 76.6 Å². The van der Waals surface area contributed by atoms with Crippen LogP contribution in [-0.4, -0.2) is 119 Å². The van der Waals surface area contributed by atoms with Gasteiger partial charge in [-0.15, -0.1) is 0 Å². The van der Waals surface area contributed by atoms with Crippen molar-refractivity contribution in [3.8, 4) is 34.3 Å². The molecule has 3 aromatic rings. The molecular formula is C29H34O15. The Kier molecular flexibility index (Phi) is 8.07. The van der Waals surface area contributed by atoms with Gasteiger partial charge in [0, 0.05) is 17.7 Å². The SMILES string of the molecule is COc1ccc(-c2oc3cc(O)cc(O)c3c(=O)c2C2(C3O[C@H](C)[C@@H](O)[C@H](O)[C@@H]3O)O[C@H](CO)[C@@H](O)[C@H](O)[C@@]2(C)O)cc1O. The maximum absolute atomic E-state index is 14.6. The fourth-order valence-corrected chi connectivity index (χ4v) is 6.18. The molecule has 2 aliphatic heterocycles. The number of aliphatic hydroxyl groups is 7. The molecule has 0 aliphatic carbocycles. The minimum atomic E-state index is -2.86. The van der Waals surface area contributed by atoms with Crippen molar-refractivity contribution in [1.29, 1.82) is 0 Å². The van der Waals surface area contributed by atoms with Crippen LogP contribution in [0.5, 0.6) is 23.0 Å². The molecule has 2 saturated heterocycles. The van der Waals surface area contributed by atoms with Crippen molar-refractivity contribution < 1.29 is 69.7 Å². The van der Waals surface area contributed by atoms with Crippen LogP contribution in [0.25, 0.3) is 22.3 Å². The zero-order valence-electron chi connectivity index (χ0n) is 23.7. The highest BCUT2D eigenvalue weighted by molar-refractivity contribution is 5.88. The molecule has 5 rings (SSSR count). The van der Waals surface area contributed by atoms with Gasteiger partial charge < -0.3 is 69.7 Å². The average molecular weight is 623 g/mol. The average Bonchev–Trinajstić information content (AvgIpc) is 2.97. The largest absolute Gasteiger partial charge is 0.508 e. The molecule has 1 aromatic heterocycles. The quantitative estimate of drug-likeness (QED) is 0.155. The van der Waals surface area contributed by atoms with Crippen molar-refractivity contribution in [3.05, 3.63) is 46.1 Å². The van der Waals surface area contributed by atoms with Gasteiger partial charge in [0.15, 0.2) is 17.1 Å². The predicted molar refractivity (Wildman–Crippen MR) is 148 cm³/mol. The highest BCUT2D eigenvalue weighted by Crippen LogP contribution is 2.53. The van der Waals surface area contributed by atoms with Gasteiger partial charge in [-0.05, 0) is 32.0 Å². The van der Waals surface area contributed by atoms with E-state index in [2.05, 4.69) is 0 Å². The molecule has 2 unspecified atom stereocenters. The first kappa shape index (κ1) is 31.9. The summed E-state index contributed by atoms with van der Waals surface area (Å²) in [6, 6.07) is 5.57. The molecule has 2 fully saturated rings. The summed E-state index contributed by atoms with van der Waals surface area (Å²) < 4.78 is 23.1. The van der Waals surface area contributed by atoms with E-state index in [1.165, 1.54) is 26.2 Å². The molecule has 2 aliphatic rings. The van der Waals surface area contributed by atoms with Crippen molar-refractivity contribution in [3.63, 3.8) is 0 Å². The van der Waals surface area contributed by atoms with Crippen molar-refractivity contribution >= 4 is 11.0 Å². The van der Waals surface area contributed by atoms with Gasteiger partial charge in [0.05, 0.1) is 25.4 Å². The molecule has 15 heteroatoms. The number of phenols is 3. The number of ether oxygens (including phenoxy) is 3. The van der Waals surface area contributed by atoms with E-state index in [0.717, 1.165) is 25.1 Å². The van der Waals surface area contributed by atoms with E-state index in [-0.39, 0.29) is 16.9 Å². The molecule has 15 nitrogen and oxygen atoms in total. The summed E-state index contributed by atoms with van der Waals surface area (Å²) in [6.45, 7) is 1.27. The van der Waals surface area contributed by atoms with Crippen LogP contribution < -0.4 is 10.2 Å². The van der Waals surface area contributed by atoms with Crippen molar-refractivity contribution in [2.24, 2.45) is 0 Å². The van der Waals surface area contributed by atoms with E-state index in [1.807, 2.05) is 0 Å². The third kappa shape index (κ3) is 4.51. The maximum atomic E-state index is 14.6. The van der Waals surface area contributed by atoms with Crippen LogP contribution in [-0.2, 0) is 15.1 Å². The molecule has 0 bridgehead atoms. The monoisotopic (exact) mass is 622 g/mol. The van der Waals surface area contributed by atoms with Gasteiger partial charge in [-0.3, -0.25) is 4.79 Å². The summed E-state index contributed by atoms with van der Waals surface area (Å²) in [6.07, 6.45) is -15.0. The first-order chi connectivity index (χ1) is 20.6. The molecule has 240 valence electrons. The summed E-state index contributed by atoms with van der Waals surface area (Å²) in [4.78, 5) is 14.6. The Bertz CT molecular complexity index is 1620. The van der Waals surface area contributed by atoms with E-state index in [1.54, 1.807) is 0 Å². The second-order valence-corrected chi connectivity index (χ2v) is 11.3. The predicted octanol–water partition coefficient (Wildman–Crippen LogP) is -1.49. The van der Waals surface area contributed by atoms with E-state index in [4.69, 9.17) is 18.6 Å². The Labute approximate surface area is 249 Å². The molecular weight excluding hydrogens is 588 g/mol. The number of rotatable bonds is 5. The molecule has 0 amide bonds. The lowest BCUT2D eigenvalue weighted by Gasteiger charge is -2.59. The Hall–Kier alpha value is -3.51. The van der Waals surface area contributed by atoms with Gasteiger partial charge in [-0.1, -0.05) is 0 Å². The zero-order valence-corrected chi connectivity index (χ0v) is 23.7. The second kappa shape index (κ2) is 11.1. The highest BCUT2D eigenvalue weighted by atomic mass is 16.6. The molecule has 44 heavy (non-hydrogen) atoms. The van der Waals surface area contributed by atoms with Crippen LogP contribution in [0.15, 0.2) is 39.5 Å². The third-order valence-electron chi connectivity index (χ3n) is 8.57. The van der Waals surface area contributed by atoms with Gasteiger partial charge >= 0.3 is 0 Å². The summed E-state index contributed by atoms with van der Waals surface area (Å²) in [5.41, 5.74) is -8.05.